The number of carbonyl (C=O) groups is 2. The lowest BCUT2D eigenvalue weighted by Gasteiger charge is -2.37. The summed E-state index contributed by atoms with van der Waals surface area (Å²) in [5.74, 6) is 1.77. The summed E-state index contributed by atoms with van der Waals surface area (Å²) in [6, 6.07) is 5.99. The second-order valence-electron chi connectivity index (χ2n) is 7.46. The number of anilines is 1. The molecule has 1 aromatic rings. The second kappa shape index (κ2) is 3.89. The maximum atomic E-state index is 13.0. The van der Waals surface area contributed by atoms with Crippen molar-refractivity contribution in [2.45, 2.75) is 20.3 Å². The van der Waals surface area contributed by atoms with E-state index in [0.717, 1.165) is 16.8 Å². The zero-order valence-corrected chi connectivity index (χ0v) is 12.8. The highest BCUT2D eigenvalue weighted by Gasteiger charge is 2.67. The van der Waals surface area contributed by atoms with E-state index in [4.69, 9.17) is 0 Å². The highest BCUT2D eigenvalue weighted by molar-refractivity contribution is 6.23. The molecule has 1 aromatic carbocycles. The maximum Gasteiger partial charge on any atom is 0.238 e. The molecule has 5 aliphatic rings. The van der Waals surface area contributed by atoms with E-state index < -0.39 is 0 Å². The number of hydrogen-bond acceptors (Lipinski definition) is 2. The summed E-state index contributed by atoms with van der Waals surface area (Å²) < 4.78 is 0. The summed E-state index contributed by atoms with van der Waals surface area (Å²) in [6.45, 7) is 3.98. The molecule has 3 heteroatoms. The molecule has 6 atom stereocenters. The smallest absolute Gasteiger partial charge is 0.238 e. The lowest BCUT2D eigenvalue weighted by atomic mass is 9.63. The van der Waals surface area contributed by atoms with Crippen molar-refractivity contribution >= 4 is 17.5 Å². The normalized spacial score (nSPS) is 40.9. The van der Waals surface area contributed by atoms with E-state index in [1.807, 2.05) is 32.0 Å². The first-order valence-electron chi connectivity index (χ1n) is 8.21. The van der Waals surface area contributed by atoms with E-state index >= 15 is 0 Å². The van der Waals surface area contributed by atoms with Crippen LogP contribution in [-0.4, -0.2) is 11.8 Å². The van der Waals surface area contributed by atoms with Crippen LogP contribution in [-0.2, 0) is 9.59 Å². The number of hydrogen-bond donors (Lipinski definition) is 0. The molecule has 0 aromatic heterocycles. The summed E-state index contributed by atoms with van der Waals surface area (Å²) in [7, 11) is 0. The fourth-order valence-electron chi connectivity index (χ4n) is 5.15. The van der Waals surface area contributed by atoms with Crippen molar-refractivity contribution in [1.82, 2.24) is 0 Å². The van der Waals surface area contributed by atoms with Crippen LogP contribution in [0.15, 0.2) is 30.4 Å². The molecule has 4 aliphatic carbocycles. The van der Waals surface area contributed by atoms with Crippen LogP contribution in [0.25, 0.3) is 0 Å². The number of amides is 2. The van der Waals surface area contributed by atoms with Gasteiger partial charge in [-0.15, -0.1) is 0 Å². The fourth-order valence-corrected chi connectivity index (χ4v) is 5.15. The number of rotatable bonds is 1. The minimum atomic E-state index is -0.105. The Hall–Kier alpha value is -1.90. The minimum absolute atomic E-state index is 0.0356. The molecule has 3 nitrogen and oxygen atoms in total. The molecule has 1 saturated heterocycles. The number of nitrogens with zero attached hydrogens (tertiary/aromatic N) is 1. The number of carbonyl (C=O) groups excluding carboxylic acids is 2. The Balaban J connectivity index is 1.62. The standard InChI is InChI=1S/C19H19NO2/c1-9-3-4-10(2)15(7-9)20-18(21)16-11-5-6-12(14-8-13(11)14)17(16)19(20)22/h3-7,11-14,16-17H,8H2,1-2H3/t11-,12+,13-,14-,16+,17+/m1/s1. The van der Waals surface area contributed by atoms with Gasteiger partial charge in [0.05, 0.1) is 17.5 Å². The molecule has 2 amide bonds. The molecule has 1 heterocycles. The number of allylic oxidation sites excluding steroid dienone is 2. The molecule has 112 valence electrons. The van der Waals surface area contributed by atoms with E-state index in [0.29, 0.717) is 23.7 Å². The van der Waals surface area contributed by atoms with Crippen LogP contribution in [0.4, 0.5) is 5.69 Å². The molecule has 22 heavy (non-hydrogen) atoms. The molecule has 0 spiro atoms. The van der Waals surface area contributed by atoms with Gasteiger partial charge in [0.2, 0.25) is 11.8 Å². The van der Waals surface area contributed by atoms with Crippen molar-refractivity contribution in [1.29, 1.82) is 0 Å². The fraction of sp³-hybridized carbons (Fsp3) is 0.474. The minimum Gasteiger partial charge on any atom is -0.274 e. The third-order valence-electron chi connectivity index (χ3n) is 6.27. The third-order valence-corrected chi connectivity index (χ3v) is 6.27. The molecule has 6 rings (SSSR count). The Labute approximate surface area is 130 Å². The molecular weight excluding hydrogens is 274 g/mol. The first kappa shape index (κ1) is 12.6. The van der Waals surface area contributed by atoms with Gasteiger partial charge in [-0.2, -0.15) is 0 Å². The Morgan fingerprint density at radius 3 is 2.14 bits per heavy atom. The van der Waals surface area contributed by atoms with Gasteiger partial charge in [-0.3, -0.25) is 9.59 Å². The summed E-state index contributed by atoms with van der Waals surface area (Å²) in [4.78, 5) is 27.6. The lowest BCUT2D eigenvalue weighted by molar-refractivity contribution is -0.124. The predicted molar refractivity (Wildman–Crippen MR) is 83.1 cm³/mol. The monoisotopic (exact) mass is 293 g/mol. The Bertz CT molecular complexity index is 714. The maximum absolute atomic E-state index is 13.0. The van der Waals surface area contributed by atoms with E-state index in [1.54, 1.807) is 0 Å². The Kier molecular flexibility index (Phi) is 2.23. The predicted octanol–water partition coefficient (Wildman–Crippen LogP) is 2.86. The zero-order chi connectivity index (χ0) is 15.2. The van der Waals surface area contributed by atoms with E-state index in [9.17, 15) is 9.59 Å². The molecule has 2 bridgehead atoms. The van der Waals surface area contributed by atoms with Crippen molar-refractivity contribution in [2.24, 2.45) is 35.5 Å². The summed E-state index contributed by atoms with van der Waals surface area (Å²) in [6.07, 6.45) is 5.65. The van der Waals surface area contributed by atoms with Gasteiger partial charge in [0.1, 0.15) is 0 Å². The van der Waals surface area contributed by atoms with Crippen molar-refractivity contribution in [3.63, 3.8) is 0 Å². The van der Waals surface area contributed by atoms with Crippen molar-refractivity contribution in [3.8, 4) is 0 Å². The van der Waals surface area contributed by atoms with Gasteiger partial charge in [-0.1, -0.05) is 24.3 Å². The largest absolute Gasteiger partial charge is 0.274 e. The van der Waals surface area contributed by atoms with Gasteiger partial charge in [0, 0.05) is 0 Å². The van der Waals surface area contributed by atoms with Crippen molar-refractivity contribution in [3.05, 3.63) is 41.5 Å². The van der Waals surface area contributed by atoms with Gasteiger partial charge in [0.15, 0.2) is 0 Å². The van der Waals surface area contributed by atoms with Gasteiger partial charge in [0.25, 0.3) is 0 Å². The van der Waals surface area contributed by atoms with Crippen LogP contribution < -0.4 is 4.90 Å². The topological polar surface area (TPSA) is 37.4 Å². The second-order valence-corrected chi connectivity index (χ2v) is 7.46. The van der Waals surface area contributed by atoms with Crippen LogP contribution in [0.5, 0.6) is 0 Å². The van der Waals surface area contributed by atoms with Gasteiger partial charge in [-0.05, 0) is 61.1 Å². The van der Waals surface area contributed by atoms with E-state index in [-0.39, 0.29) is 23.7 Å². The molecule has 0 radical (unpaired) electrons. The quantitative estimate of drug-likeness (QED) is 0.590. The first-order valence-corrected chi connectivity index (χ1v) is 8.21. The third kappa shape index (κ3) is 1.37. The lowest BCUT2D eigenvalue weighted by Crippen LogP contribution is -2.40. The molecule has 2 saturated carbocycles. The summed E-state index contributed by atoms with van der Waals surface area (Å²) in [5.41, 5.74) is 2.87. The highest BCUT2D eigenvalue weighted by Crippen LogP contribution is 2.65. The van der Waals surface area contributed by atoms with Crippen LogP contribution in [0.1, 0.15) is 17.5 Å². The van der Waals surface area contributed by atoms with Crippen molar-refractivity contribution in [2.75, 3.05) is 4.90 Å². The number of benzene rings is 1. The summed E-state index contributed by atoms with van der Waals surface area (Å²) in [5, 5.41) is 0. The highest BCUT2D eigenvalue weighted by atomic mass is 16.2. The van der Waals surface area contributed by atoms with Crippen LogP contribution in [0.2, 0.25) is 0 Å². The number of aryl methyl sites for hydroxylation is 2. The zero-order valence-electron chi connectivity index (χ0n) is 12.8. The van der Waals surface area contributed by atoms with E-state index in [2.05, 4.69) is 12.2 Å². The van der Waals surface area contributed by atoms with Crippen LogP contribution in [0, 0.1) is 49.4 Å². The summed E-state index contributed by atoms with van der Waals surface area (Å²) >= 11 is 0. The number of imide groups is 1. The Morgan fingerprint density at radius 1 is 0.955 bits per heavy atom. The van der Waals surface area contributed by atoms with Gasteiger partial charge >= 0.3 is 0 Å². The average Bonchev–Trinajstić information content (AvgIpc) is 3.28. The van der Waals surface area contributed by atoms with E-state index in [1.165, 1.54) is 11.3 Å². The first-order chi connectivity index (χ1) is 10.6. The molecule has 3 fully saturated rings. The van der Waals surface area contributed by atoms with Crippen molar-refractivity contribution < 1.29 is 9.59 Å². The van der Waals surface area contributed by atoms with Gasteiger partial charge < -0.3 is 0 Å². The SMILES string of the molecule is Cc1ccc(C)c(N2C(=O)[C@H]3[C@@H]4C=C[C@@H]([C@H]5C[C@H]45)[C@@H]3C2=O)c1. The Morgan fingerprint density at radius 2 is 1.55 bits per heavy atom. The van der Waals surface area contributed by atoms with Crippen LogP contribution in [0.3, 0.4) is 0 Å². The molecule has 0 unspecified atom stereocenters. The molecular formula is C19H19NO2. The molecule has 0 N–H and O–H groups in total. The molecule has 1 aliphatic heterocycles. The van der Waals surface area contributed by atoms with Crippen LogP contribution >= 0.6 is 0 Å². The van der Waals surface area contributed by atoms with Gasteiger partial charge in [-0.25, -0.2) is 4.90 Å². The average molecular weight is 293 g/mol.